The van der Waals surface area contributed by atoms with Gasteiger partial charge in [-0.15, -0.1) is 0 Å². The Morgan fingerprint density at radius 2 is 2.25 bits per heavy atom. The number of aromatic nitrogens is 2. The molecule has 1 heterocycles. The highest BCUT2D eigenvalue weighted by Gasteiger charge is 2.09. The first kappa shape index (κ1) is 14.2. The molecule has 1 aromatic heterocycles. The van der Waals surface area contributed by atoms with Crippen molar-refractivity contribution < 1.29 is 14.3 Å². The van der Waals surface area contributed by atoms with Gasteiger partial charge in [0.25, 0.3) is 0 Å². The van der Waals surface area contributed by atoms with Crippen molar-refractivity contribution in [1.29, 1.82) is 0 Å². The molecule has 0 aliphatic heterocycles. The number of nitrogens with zero attached hydrogens (tertiary/aromatic N) is 1. The average molecular weight is 288 g/mol. The highest BCUT2D eigenvalue weighted by Crippen LogP contribution is 2.17. The minimum Gasteiger partial charge on any atom is -0.465 e. The first-order chi connectivity index (χ1) is 9.61. The second-order valence-electron chi connectivity index (χ2n) is 3.90. The van der Waals surface area contributed by atoms with Crippen molar-refractivity contribution >= 4 is 33.7 Å². The summed E-state index contributed by atoms with van der Waals surface area (Å²) in [4.78, 5) is 22.2. The fraction of sp³-hybridized carbons (Fsp3) is 0.214. The molecule has 2 rings (SSSR count). The molecule has 0 amide bonds. The molecule has 0 radical (unpaired) electrons. The molecule has 0 spiro atoms. The van der Waals surface area contributed by atoms with Crippen molar-refractivity contribution in [2.24, 2.45) is 0 Å². The highest BCUT2D eigenvalue weighted by molar-refractivity contribution is 8.13. The number of benzene rings is 1. The third-order valence-electron chi connectivity index (χ3n) is 2.54. The summed E-state index contributed by atoms with van der Waals surface area (Å²) >= 11 is 1.16. The summed E-state index contributed by atoms with van der Waals surface area (Å²) in [6, 6.07) is 5.08. The van der Waals surface area contributed by atoms with Crippen LogP contribution >= 0.6 is 11.8 Å². The van der Waals surface area contributed by atoms with E-state index in [2.05, 4.69) is 26.8 Å². The number of rotatable bonds is 2. The lowest BCUT2D eigenvalue weighted by atomic mass is 10.1. The van der Waals surface area contributed by atoms with Gasteiger partial charge in [0.15, 0.2) is 5.12 Å². The van der Waals surface area contributed by atoms with E-state index in [9.17, 15) is 9.59 Å². The van der Waals surface area contributed by atoms with Crippen LogP contribution in [0.4, 0.5) is 0 Å². The van der Waals surface area contributed by atoms with Crippen molar-refractivity contribution in [3.8, 4) is 11.8 Å². The number of ether oxygens (including phenoxy) is 1. The Hall–Kier alpha value is -2.26. The number of hydrogen-bond acceptors (Lipinski definition) is 5. The Balaban J connectivity index is 2.24. The lowest BCUT2D eigenvalue weighted by molar-refractivity contribution is -0.109. The Morgan fingerprint density at radius 1 is 1.45 bits per heavy atom. The van der Waals surface area contributed by atoms with E-state index in [1.54, 1.807) is 18.2 Å². The van der Waals surface area contributed by atoms with Crippen molar-refractivity contribution in [3.63, 3.8) is 0 Å². The molecule has 0 aliphatic rings. The van der Waals surface area contributed by atoms with Crippen LogP contribution in [0.1, 0.15) is 23.0 Å². The van der Waals surface area contributed by atoms with Crippen molar-refractivity contribution in [2.75, 3.05) is 12.9 Å². The Morgan fingerprint density at radius 3 is 2.95 bits per heavy atom. The standard InChI is InChI=1S/C14H12N2O3S/c1-9(17)20-7-3-4-12-11-6-5-10(14(18)19-2)8-13(11)16-15-12/h5-6,8H,7H2,1-2H3,(H,15,16). The molecule has 20 heavy (non-hydrogen) atoms. The quantitative estimate of drug-likeness (QED) is 0.676. The molecule has 1 N–H and O–H groups in total. The summed E-state index contributed by atoms with van der Waals surface area (Å²) in [5, 5.41) is 7.79. The van der Waals surface area contributed by atoms with E-state index >= 15 is 0 Å². The van der Waals surface area contributed by atoms with E-state index < -0.39 is 5.97 Å². The van der Waals surface area contributed by atoms with Crippen LogP contribution in [-0.2, 0) is 9.53 Å². The van der Waals surface area contributed by atoms with Gasteiger partial charge in [0.2, 0.25) is 0 Å². The fourth-order valence-electron chi connectivity index (χ4n) is 1.61. The molecule has 0 saturated carbocycles. The van der Waals surface area contributed by atoms with Gasteiger partial charge in [-0.1, -0.05) is 17.7 Å². The number of H-pyrrole nitrogens is 1. The summed E-state index contributed by atoms with van der Waals surface area (Å²) in [7, 11) is 1.33. The molecule has 0 atom stereocenters. The van der Waals surface area contributed by atoms with Crippen LogP contribution in [0.5, 0.6) is 0 Å². The number of carbonyl (C=O) groups excluding carboxylic acids is 2. The predicted molar refractivity (Wildman–Crippen MR) is 77.5 cm³/mol. The summed E-state index contributed by atoms with van der Waals surface area (Å²) < 4.78 is 4.65. The van der Waals surface area contributed by atoms with E-state index in [0.29, 0.717) is 22.5 Å². The van der Waals surface area contributed by atoms with Gasteiger partial charge in [-0.2, -0.15) is 5.10 Å². The van der Waals surface area contributed by atoms with Gasteiger partial charge in [0, 0.05) is 12.3 Å². The molecule has 5 nitrogen and oxygen atoms in total. The average Bonchev–Trinajstić information content (AvgIpc) is 2.84. The highest BCUT2D eigenvalue weighted by atomic mass is 32.2. The van der Waals surface area contributed by atoms with Gasteiger partial charge in [0.05, 0.1) is 23.9 Å². The van der Waals surface area contributed by atoms with Gasteiger partial charge in [-0.25, -0.2) is 4.79 Å². The molecule has 1 aromatic carbocycles. The predicted octanol–water partition coefficient (Wildman–Crippen LogP) is 1.98. The molecule has 0 bridgehead atoms. The SMILES string of the molecule is COC(=O)c1ccc2c(C#CCSC(C)=O)[nH]nc2c1. The zero-order valence-corrected chi connectivity index (χ0v) is 11.8. The minimum absolute atomic E-state index is 0.0384. The molecule has 0 saturated heterocycles. The van der Waals surface area contributed by atoms with Gasteiger partial charge < -0.3 is 4.74 Å². The smallest absolute Gasteiger partial charge is 0.337 e. The molecule has 0 unspecified atom stereocenters. The van der Waals surface area contributed by atoms with Crippen molar-refractivity contribution in [1.82, 2.24) is 10.2 Å². The zero-order chi connectivity index (χ0) is 14.5. The second kappa shape index (κ2) is 6.26. The summed E-state index contributed by atoms with van der Waals surface area (Å²) in [6.07, 6.45) is 0. The number of methoxy groups -OCH3 is 1. The zero-order valence-electron chi connectivity index (χ0n) is 11.0. The van der Waals surface area contributed by atoms with Crippen LogP contribution < -0.4 is 0 Å². The molecule has 0 fully saturated rings. The van der Waals surface area contributed by atoms with E-state index in [0.717, 1.165) is 17.1 Å². The van der Waals surface area contributed by atoms with Gasteiger partial charge >= 0.3 is 5.97 Å². The summed E-state index contributed by atoms with van der Waals surface area (Å²) in [5.41, 5.74) is 1.76. The van der Waals surface area contributed by atoms with Crippen LogP contribution in [0.15, 0.2) is 18.2 Å². The van der Waals surface area contributed by atoms with Gasteiger partial charge in [0.1, 0.15) is 5.69 Å². The Kier molecular flexibility index (Phi) is 4.43. The van der Waals surface area contributed by atoms with Crippen LogP contribution in [0.3, 0.4) is 0 Å². The summed E-state index contributed by atoms with van der Waals surface area (Å²) in [5.74, 6) is 5.86. The van der Waals surface area contributed by atoms with E-state index in [4.69, 9.17) is 0 Å². The topological polar surface area (TPSA) is 72.1 Å². The second-order valence-corrected chi connectivity index (χ2v) is 5.06. The minimum atomic E-state index is -0.402. The first-order valence-corrected chi connectivity index (χ1v) is 6.79. The van der Waals surface area contributed by atoms with Crippen LogP contribution in [0, 0.1) is 11.8 Å². The number of carbonyl (C=O) groups is 2. The van der Waals surface area contributed by atoms with Crippen LogP contribution in [0.2, 0.25) is 0 Å². The number of nitrogens with one attached hydrogen (secondary N) is 1. The normalized spacial score (nSPS) is 9.90. The number of esters is 1. The number of aromatic amines is 1. The molecule has 2 aromatic rings. The Bertz CT molecular complexity index is 725. The fourth-order valence-corrected chi connectivity index (χ4v) is 1.96. The van der Waals surface area contributed by atoms with Gasteiger partial charge in [-0.3, -0.25) is 9.89 Å². The number of fused-ring (bicyclic) bond motifs is 1. The molecular weight excluding hydrogens is 276 g/mol. The summed E-state index contributed by atoms with van der Waals surface area (Å²) in [6.45, 7) is 1.51. The lowest BCUT2D eigenvalue weighted by Crippen LogP contribution is -2.00. The Labute approximate surface area is 120 Å². The number of hydrogen-bond donors (Lipinski definition) is 1. The number of thioether (sulfide) groups is 1. The maximum absolute atomic E-state index is 11.4. The van der Waals surface area contributed by atoms with E-state index in [1.165, 1.54) is 14.0 Å². The lowest BCUT2D eigenvalue weighted by Gasteiger charge is -1.97. The van der Waals surface area contributed by atoms with Crippen molar-refractivity contribution in [2.45, 2.75) is 6.92 Å². The maximum atomic E-state index is 11.4. The van der Waals surface area contributed by atoms with E-state index in [1.807, 2.05) is 0 Å². The first-order valence-electron chi connectivity index (χ1n) is 5.80. The van der Waals surface area contributed by atoms with Crippen molar-refractivity contribution in [3.05, 3.63) is 29.5 Å². The monoisotopic (exact) mass is 288 g/mol. The molecule has 0 aliphatic carbocycles. The molecule has 102 valence electrons. The van der Waals surface area contributed by atoms with Gasteiger partial charge in [-0.05, 0) is 24.1 Å². The third kappa shape index (κ3) is 3.19. The maximum Gasteiger partial charge on any atom is 0.337 e. The van der Waals surface area contributed by atoms with E-state index in [-0.39, 0.29) is 5.12 Å². The molecule has 6 heteroatoms. The van der Waals surface area contributed by atoms with Crippen LogP contribution in [-0.4, -0.2) is 34.1 Å². The molecular formula is C14H12N2O3S. The van der Waals surface area contributed by atoms with Crippen LogP contribution in [0.25, 0.3) is 10.9 Å². The third-order valence-corrected chi connectivity index (χ3v) is 3.23. The largest absolute Gasteiger partial charge is 0.465 e.